The van der Waals surface area contributed by atoms with Crippen LogP contribution in [0.4, 0.5) is 0 Å². The molecule has 0 heterocycles. The lowest BCUT2D eigenvalue weighted by Gasteiger charge is -2.42. The highest BCUT2D eigenvalue weighted by atomic mass is 127. The van der Waals surface area contributed by atoms with Crippen molar-refractivity contribution in [2.24, 2.45) is 0 Å². The first-order valence-corrected chi connectivity index (χ1v) is 21.3. The van der Waals surface area contributed by atoms with Gasteiger partial charge in [-0.15, -0.1) is 13.2 Å². The molecule has 0 aromatic carbocycles. The molecule has 130 valence electrons. The number of alkyl halides is 3. The van der Waals surface area contributed by atoms with E-state index in [2.05, 4.69) is 127 Å². The Bertz CT molecular complexity index is 424. The van der Waals surface area contributed by atoms with Gasteiger partial charge in [0.15, 0.2) is 8.32 Å². The van der Waals surface area contributed by atoms with Crippen LogP contribution in [0.5, 0.6) is 0 Å². The second-order valence-electron chi connectivity index (χ2n) is 6.72. The third-order valence-corrected chi connectivity index (χ3v) is 27.1. The van der Waals surface area contributed by atoms with E-state index >= 15 is 0 Å². The van der Waals surface area contributed by atoms with Gasteiger partial charge in [0, 0.05) is 0 Å². The summed E-state index contributed by atoms with van der Waals surface area (Å²) in [5.74, 6) is 0. The maximum Gasteiger partial charge on any atom is 0.312 e. The Morgan fingerprint density at radius 2 is 1.14 bits per heavy atom. The normalized spacial score (nSPS) is 17.0. The topological polar surface area (TPSA) is 27.7 Å². The first-order chi connectivity index (χ1) is 9.49. The molecule has 0 aliphatic heterocycles. The Morgan fingerprint density at radius 1 is 0.727 bits per heavy atom. The van der Waals surface area contributed by atoms with E-state index < -0.39 is 33.8 Å². The highest BCUT2D eigenvalue weighted by Crippen LogP contribution is 2.46. The Hall–Kier alpha value is 2.42. The van der Waals surface area contributed by atoms with Crippen LogP contribution in [0, 0.1) is 0 Å². The number of hydrogen-bond acceptors (Lipinski definition) is 3. The van der Waals surface area contributed by atoms with Gasteiger partial charge < -0.3 is 12.3 Å². The van der Waals surface area contributed by atoms with E-state index in [9.17, 15) is 0 Å². The summed E-state index contributed by atoms with van der Waals surface area (Å²) in [5, 5.41) is 0. The van der Waals surface area contributed by atoms with Gasteiger partial charge >= 0.3 is 17.1 Å². The third-order valence-electron chi connectivity index (χ3n) is 2.90. The Morgan fingerprint density at radius 3 is 1.45 bits per heavy atom. The second kappa shape index (κ2) is 8.41. The second-order valence-corrected chi connectivity index (χ2v) is 35.9. The van der Waals surface area contributed by atoms with Crippen molar-refractivity contribution in [1.29, 1.82) is 0 Å². The first kappa shape index (κ1) is 24.4. The van der Waals surface area contributed by atoms with Gasteiger partial charge in [0.05, 0.1) is 0 Å². The molecule has 0 saturated carbocycles. The van der Waals surface area contributed by atoms with E-state index in [0.29, 0.717) is 0 Å². The van der Waals surface area contributed by atoms with Gasteiger partial charge in [-0.2, -0.15) is 0 Å². The van der Waals surface area contributed by atoms with E-state index in [-0.39, 0.29) is -0.942 Å². The number of hydrogen-bond donors (Lipinski definition) is 0. The zero-order valence-electron chi connectivity index (χ0n) is 14.4. The molecule has 1 unspecified atom stereocenters. The lowest BCUT2D eigenvalue weighted by Crippen LogP contribution is -2.59. The highest BCUT2D eigenvalue weighted by molar-refractivity contribution is 14.3. The molecule has 1 atom stereocenters. The fourth-order valence-electron chi connectivity index (χ4n) is 2.03. The van der Waals surface area contributed by atoms with Crippen LogP contribution < -0.4 is 0 Å². The molecule has 10 heteroatoms. The minimum Gasteiger partial charge on any atom is -0.433 e. The molecule has 0 aliphatic rings. The van der Waals surface area contributed by atoms with E-state index in [1.807, 2.05) is 11.4 Å². The maximum absolute atomic E-state index is 6.58. The third kappa shape index (κ3) is 8.20. The standard InChI is InChI=1S/C12H27I3O3Si4/c1-10-19(3,4)16-20(5,6)17-21(7,8)18-22(9,11-2)12(13,14)15/h10-11H,1-2H2,3-9H3. The van der Waals surface area contributed by atoms with Crippen molar-refractivity contribution in [2.75, 3.05) is 0 Å². The van der Waals surface area contributed by atoms with Crippen molar-refractivity contribution in [3.63, 3.8) is 0 Å². The highest BCUT2D eigenvalue weighted by Gasteiger charge is 2.50. The van der Waals surface area contributed by atoms with Crippen LogP contribution >= 0.6 is 67.8 Å². The van der Waals surface area contributed by atoms with E-state index in [0.717, 1.165) is 0 Å². The van der Waals surface area contributed by atoms with Crippen molar-refractivity contribution < 1.29 is 12.3 Å². The van der Waals surface area contributed by atoms with E-state index in [4.69, 9.17) is 12.3 Å². The zero-order chi connectivity index (χ0) is 18.0. The Balaban J connectivity index is 5.18. The van der Waals surface area contributed by atoms with Gasteiger partial charge in [-0.05, 0) is 45.8 Å². The fourth-order valence-corrected chi connectivity index (χ4v) is 23.3. The van der Waals surface area contributed by atoms with Crippen molar-refractivity contribution in [3.05, 3.63) is 24.6 Å². The Labute approximate surface area is 181 Å². The molecular formula is C12H27I3O3Si4. The summed E-state index contributed by atoms with van der Waals surface area (Å²) in [6.07, 6.45) is 0. The summed E-state index contributed by atoms with van der Waals surface area (Å²) in [7, 11) is -8.55. The molecule has 0 bridgehead atoms. The molecule has 0 spiro atoms. The predicted octanol–water partition coefficient (Wildman–Crippen LogP) is 6.17. The summed E-state index contributed by atoms with van der Waals surface area (Å²) in [5.41, 5.74) is 3.96. The quantitative estimate of drug-likeness (QED) is 0.163. The van der Waals surface area contributed by atoms with Crippen LogP contribution in [0.1, 0.15) is 0 Å². The van der Waals surface area contributed by atoms with Gasteiger partial charge in [-0.25, -0.2) is 0 Å². The molecular weight excluding hydrogens is 685 g/mol. The van der Waals surface area contributed by atoms with E-state index in [1.165, 1.54) is 0 Å². The predicted molar refractivity (Wildman–Crippen MR) is 133 cm³/mol. The average Bonchev–Trinajstić information content (AvgIpc) is 2.23. The SMILES string of the molecule is C=C[Si](C)(C)O[Si](C)(C)O[Si](C)(C)O[Si](C)(C=C)C(I)(I)I. The van der Waals surface area contributed by atoms with Gasteiger partial charge in [0.25, 0.3) is 0 Å². The summed E-state index contributed by atoms with van der Waals surface area (Å²) < 4.78 is 19.4. The van der Waals surface area contributed by atoms with Crippen LogP contribution in [0.15, 0.2) is 24.6 Å². The van der Waals surface area contributed by atoms with Crippen LogP contribution in [-0.4, -0.2) is 32.8 Å². The summed E-state index contributed by atoms with van der Waals surface area (Å²) in [6.45, 7) is 22.8. The smallest absolute Gasteiger partial charge is 0.312 e. The molecule has 0 aromatic rings. The van der Waals surface area contributed by atoms with Crippen molar-refractivity contribution in [1.82, 2.24) is 0 Å². The molecule has 0 radical (unpaired) electrons. The summed E-state index contributed by atoms with van der Waals surface area (Å²) >= 11 is 7.32. The number of rotatable bonds is 9. The minimum atomic E-state index is -2.32. The molecule has 22 heavy (non-hydrogen) atoms. The molecule has 0 amide bonds. The molecule has 0 saturated heterocycles. The Kier molecular flexibility index (Phi) is 9.33. The largest absolute Gasteiger partial charge is 0.433 e. The van der Waals surface area contributed by atoms with E-state index in [1.54, 1.807) is 0 Å². The molecule has 3 nitrogen and oxygen atoms in total. The van der Waals surface area contributed by atoms with Crippen molar-refractivity contribution >= 4 is 102 Å². The summed E-state index contributed by atoms with van der Waals surface area (Å²) in [6, 6.07) is 0. The average molecular weight is 712 g/mol. The summed E-state index contributed by atoms with van der Waals surface area (Å²) in [4.78, 5) is 0. The lowest BCUT2D eigenvalue weighted by molar-refractivity contribution is 0.333. The molecule has 0 N–H and O–H groups in total. The van der Waals surface area contributed by atoms with Gasteiger partial charge in [0.2, 0.25) is 8.32 Å². The van der Waals surface area contributed by atoms with Crippen molar-refractivity contribution in [3.8, 4) is 0 Å². The van der Waals surface area contributed by atoms with Crippen LogP contribution in [-0.2, 0) is 12.3 Å². The van der Waals surface area contributed by atoms with Crippen molar-refractivity contribution in [2.45, 2.75) is 44.9 Å². The molecule has 0 aliphatic carbocycles. The molecule has 0 rings (SSSR count). The van der Waals surface area contributed by atoms with Crippen LogP contribution in [0.25, 0.3) is 0 Å². The zero-order valence-corrected chi connectivity index (χ0v) is 24.9. The molecule has 0 fully saturated rings. The van der Waals surface area contributed by atoms with Gasteiger partial charge in [-0.1, -0.05) is 79.2 Å². The first-order valence-electron chi connectivity index (χ1n) is 6.94. The van der Waals surface area contributed by atoms with Crippen LogP contribution in [0.2, 0.25) is 45.8 Å². The monoisotopic (exact) mass is 712 g/mol. The fraction of sp³-hybridized carbons (Fsp3) is 0.667. The lowest BCUT2D eigenvalue weighted by atomic mass is 11.3. The van der Waals surface area contributed by atoms with Crippen LogP contribution in [0.3, 0.4) is 0 Å². The minimum absolute atomic E-state index is 0.00263. The molecule has 0 aromatic heterocycles. The van der Waals surface area contributed by atoms with Gasteiger partial charge in [-0.3, -0.25) is 0 Å². The van der Waals surface area contributed by atoms with Gasteiger partial charge in [0.1, 0.15) is -0.942 Å². The number of halogens is 3. The maximum atomic E-state index is 6.58.